The maximum absolute atomic E-state index is 9.40. The van der Waals surface area contributed by atoms with Crippen molar-refractivity contribution in [2.75, 3.05) is 31.1 Å². The molecule has 0 bridgehead atoms. The molecule has 1 saturated heterocycles. The van der Waals surface area contributed by atoms with Crippen molar-refractivity contribution in [1.82, 2.24) is 5.32 Å². The second-order valence-electron chi connectivity index (χ2n) is 5.96. The van der Waals surface area contributed by atoms with E-state index < -0.39 is 0 Å². The zero-order valence-electron chi connectivity index (χ0n) is 11.6. The molecule has 1 aromatic carbocycles. The summed E-state index contributed by atoms with van der Waals surface area (Å²) in [6.45, 7) is 7.19. The smallest absolute Gasteiger partial charge is 0.0991 e. The molecule has 1 atom stereocenters. The van der Waals surface area contributed by atoms with Gasteiger partial charge in [-0.1, -0.05) is 13.8 Å². The third-order valence-corrected chi connectivity index (χ3v) is 3.51. The Hall–Kier alpha value is -1.57. The van der Waals surface area contributed by atoms with Gasteiger partial charge in [-0.05, 0) is 29.7 Å². The van der Waals surface area contributed by atoms with Crippen LogP contribution in [0.5, 0.6) is 0 Å². The number of rotatable bonds is 2. The van der Waals surface area contributed by atoms with Crippen LogP contribution in [0.25, 0.3) is 0 Å². The fraction of sp³-hybridized carbons (Fsp3) is 0.533. The number of nitrogens with zero attached hydrogens (tertiary/aromatic N) is 2. The van der Waals surface area contributed by atoms with Gasteiger partial charge in [0.25, 0.3) is 0 Å². The van der Waals surface area contributed by atoms with Crippen LogP contribution in [-0.4, -0.2) is 37.4 Å². The van der Waals surface area contributed by atoms with Gasteiger partial charge in [-0.25, -0.2) is 0 Å². The number of benzene rings is 1. The molecule has 102 valence electrons. The minimum Gasteiger partial charge on any atom is -0.395 e. The van der Waals surface area contributed by atoms with Crippen molar-refractivity contribution >= 4 is 5.69 Å². The van der Waals surface area contributed by atoms with Gasteiger partial charge < -0.3 is 15.3 Å². The second kappa shape index (κ2) is 5.60. The summed E-state index contributed by atoms with van der Waals surface area (Å²) < 4.78 is 0. The number of nitriles is 1. The van der Waals surface area contributed by atoms with Crippen LogP contribution in [0, 0.1) is 16.7 Å². The molecule has 0 aromatic heterocycles. The Kier molecular flexibility index (Phi) is 4.08. The van der Waals surface area contributed by atoms with Gasteiger partial charge in [0.2, 0.25) is 0 Å². The number of aliphatic hydroxyl groups is 1. The number of hydrogen-bond donors (Lipinski definition) is 2. The molecular formula is C15H21N3O. The van der Waals surface area contributed by atoms with Crippen LogP contribution < -0.4 is 10.2 Å². The first-order valence-electron chi connectivity index (χ1n) is 6.63. The molecule has 0 spiro atoms. The quantitative estimate of drug-likeness (QED) is 0.842. The molecule has 0 aliphatic carbocycles. The number of nitrogens with one attached hydrogen (secondary N) is 1. The highest BCUT2D eigenvalue weighted by molar-refractivity contribution is 5.50. The summed E-state index contributed by atoms with van der Waals surface area (Å²) in [5.41, 5.74) is 1.93. The Bertz CT molecular complexity index is 461. The summed E-state index contributed by atoms with van der Waals surface area (Å²) in [5.74, 6) is 0. The van der Waals surface area contributed by atoms with Gasteiger partial charge in [-0.3, -0.25) is 0 Å². The maximum Gasteiger partial charge on any atom is 0.0991 e. The van der Waals surface area contributed by atoms with Crippen molar-refractivity contribution in [2.45, 2.75) is 19.9 Å². The van der Waals surface area contributed by atoms with E-state index >= 15 is 0 Å². The largest absolute Gasteiger partial charge is 0.395 e. The van der Waals surface area contributed by atoms with E-state index in [9.17, 15) is 5.11 Å². The van der Waals surface area contributed by atoms with E-state index in [-0.39, 0.29) is 18.1 Å². The van der Waals surface area contributed by atoms with Crippen molar-refractivity contribution in [3.63, 3.8) is 0 Å². The van der Waals surface area contributed by atoms with Crippen molar-refractivity contribution in [1.29, 1.82) is 5.26 Å². The molecule has 1 fully saturated rings. The Morgan fingerprint density at radius 3 is 2.68 bits per heavy atom. The van der Waals surface area contributed by atoms with Crippen LogP contribution in [-0.2, 0) is 0 Å². The van der Waals surface area contributed by atoms with Gasteiger partial charge in [0, 0.05) is 31.4 Å². The van der Waals surface area contributed by atoms with E-state index in [0.717, 1.165) is 25.3 Å². The first kappa shape index (κ1) is 13.9. The molecule has 4 nitrogen and oxygen atoms in total. The van der Waals surface area contributed by atoms with Crippen LogP contribution in [0.1, 0.15) is 19.4 Å². The van der Waals surface area contributed by atoms with Crippen molar-refractivity contribution in [3.05, 3.63) is 29.8 Å². The molecule has 1 aliphatic rings. The maximum atomic E-state index is 9.40. The average Bonchev–Trinajstić information content (AvgIpc) is 2.57. The normalized spacial score (nSPS) is 22.6. The Labute approximate surface area is 114 Å². The van der Waals surface area contributed by atoms with Gasteiger partial charge in [0.05, 0.1) is 18.2 Å². The molecule has 2 N–H and O–H groups in total. The molecule has 0 saturated carbocycles. The standard InChI is InChI=1S/C15H21N3O/c1-15(2)10-17-13(9-19)8-18(11-15)14-5-3-12(7-16)4-6-14/h3-6,13,17,19H,8-11H2,1-2H3. The van der Waals surface area contributed by atoms with E-state index in [1.165, 1.54) is 0 Å². The lowest BCUT2D eigenvalue weighted by Crippen LogP contribution is -2.40. The molecule has 4 heteroatoms. The lowest BCUT2D eigenvalue weighted by atomic mass is 9.93. The first-order chi connectivity index (χ1) is 9.04. The Balaban J connectivity index is 2.21. The highest BCUT2D eigenvalue weighted by Gasteiger charge is 2.28. The van der Waals surface area contributed by atoms with Gasteiger partial charge >= 0.3 is 0 Å². The molecule has 0 amide bonds. The van der Waals surface area contributed by atoms with Crippen LogP contribution in [0.2, 0.25) is 0 Å². The van der Waals surface area contributed by atoms with Crippen molar-refractivity contribution < 1.29 is 5.11 Å². The minimum atomic E-state index is 0.0948. The Morgan fingerprint density at radius 1 is 1.42 bits per heavy atom. The SMILES string of the molecule is CC1(C)CNC(CO)CN(c2ccc(C#N)cc2)C1. The van der Waals surface area contributed by atoms with Crippen molar-refractivity contribution in [2.24, 2.45) is 5.41 Å². The third-order valence-electron chi connectivity index (χ3n) is 3.51. The van der Waals surface area contributed by atoms with Gasteiger partial charge in [0.15, 0.2) is 0 Å². The third kappa shape index (κ3) is 3.46. The monoisotopic (exact) mass is 259 g/mol. The average molecular weight is 259 g/mol. The minimum absolute atomic E-state index is 0.0948. The van der Waals surface area contributed by atoms with Gasteiger partial charge in [0.1, 0.15) is 0 Å². The molecule has 1 heterocycles. The van der Waals surface area contributed by atoms with E-state index in [1.807, 2.05) is 24.3 Å². The molecule has 1 aromatic rings. The molecular weight excluding hydrogens is 238 g/mol. The fourth-order valence-electron chi connectivity index (χ4n) is 2.45. The van der Waals surface area contributed by atoms with E-state index in [2.05, 4.69) is 30.1 Å². The summed E-state index contributed by atoms with van der Waals surface area (Å²) in [6, 6.07) is 9.87. The Morgan fingerprint density at radius 2 is 2.11 bits per heavy atom. The van der Waals surface area contributed by atoms with E-state index in [0.29, 0.717) is 5.56 Å². The van der Waals surface area contributed by atoms with E-state index in [1.54, 1.807) is 0 Å². The predicted octanol–water partition coefficient (Wildman–Crippen LogP) is 1.35. The zero-order valence-corrected chi connectivity index (χ0v) is 11.6. The predicted molar refractivity (Wildman–Crippen MR) is 76.0 cm³/mol. The highest BCUT2D eigenvalue weighted by Crippen LogP contribution is 2.24. The van der Waals surface area contributed by atoms with E-state index in [4.69, 9.17) is 5.26 Å². The van der Waals surface area contributed by atoms with Crippen LogP contribution >= 0.6 is 0 Å². The summed E-state index contributed by atoms with van der Waals surface area (Å²) >= 11 is 0. The summed E-state index contributed by atoms with van der Waals surface area (Å²) in [6.07, 6.45) is 0. The van der Waals surface area contributed by atoms with Crippen LogP contribution in [0.15, 0.2) is 24.3 Å². The molecule has 2 rings (SSSR count). The van der Waals surface area contributed by atoms with Crippen molar-refractivity contribution in [3.8, 4) is 6.07 Å². The van der Waals surface area contributed by atoms with Gasteiger partial charge in [-0.2, -0.15) is 5.26 Å². The molecule has 0 radical (unpaired) electrons. The summed E-state index contributed by atoms with van der Waals surface area (Å²) in [7, 11) is 0. The summed E-state index contributed by atoms with van der Waals surface area (Å²) in [4.78, 5) is 2.28. The lowest BCUT2D eigenvalue weighted by molar-refractivity contribution is 0.242. The number of anilines is 1. The number of hydrogen-bond acceptors (Lipinski definition) is 4. The highest BCUT2D eigenvalue weighted by atomic mass is 16.3. The zero-order chi connectivity index (χ0) is 13.9. The first-order valence-corrected chi connectivity index (χ1v) is 6.63. The fourth-order valence-corrected chi connectivity index (χ4v) is 2.45. The molecule has 1 aliphatic heterocycles. The molecule has 1 unspecified atom stereocenters. The van der Waals surface area contributed by atoms with Crippen LogP contribution in [0.4, 0.5) is 5.69 Å². The lowest BCUT2D eigenvalue weighted by Gasteiger charge is -2.31. The second-order valence-corrected chi connectivity index (χ2v) is 5.96. The topological polar surface area (TPSA) is 59.3 Å². The number of aliphatic hydroxyl groups excluding tert-OH is 1. The van der Waals surface area contributed by atoms with Crippen LogP contribution in [0.3, 0.4) is 0 Å². The molecule has 19 heavy (non-hydrogen) atoms. The summed E-state index contributed by atoms with van der Waals surface area (Å²) in [5, 5.41) is 21.6. The van der Waals surface area contributed by atoms with Gasteiger partial charge in [-0.15, -0.1) is 0 Å².